The molecule has 0 aliphatic rings. The Morgan fingerprint density at radius 2 is 1.82 bits per heavy atom. The van der Waals surface area contributed by atoms with Crippen molar-refractivity contribution in [3.8, 4) is 22.4 Å². The Morgan fingerprint density at radius 1 is 1.14 bits per heavy atom. The van der Waals surface area contributed by atoms with E-state index < -0.39 is 49.9 Å². The van der Waals surface area contributed by atoms with Crippen LogP contribution in [0.1, 0.15) is 17.7 Å². The van der Waals surface area contributed by atoms with Gasteiger partial charge in [0.1, 0.15) is 22.2 Å². The molecule has 0 amide bonds. The number of nitrogens with two attached hydrogens (primary N) is 1. The maximum atomic E-state index is 14.6. The van der Waals surface area contributed by atoms with Crippen LogP contribution in [0.15, 0.2) is 44.2 Å². The van der Waals surface area contributed by atoms with Crippen LogP contribution in [0.4, 0.5) is 17.6 Å². The van der Waals surface area contributed by atoms with Crippen LogP contribution in [-0.2, 0) is 10.0 Å². The van der Waals surface area contributed by atoms with Gasteiger partial charge in [-0.15, -0.1) is 0 Å². The van der Waals surface area contributed by atoms with Crippen molar-refractivity contribution < 1.29 is 30.5 Å². The molecule has 5 nitrogen and oxygen atoms in total. The van der Waals surface area contributed by atoms with Gasteiger partial charge in [-0.3, -0.25) is 0 Å². The smallest absolute Gasteiger partial charge is 0.298 e. The summed E-state index contributed by atoms with van der Waals surface area (Å²) in [6, 6.07) is 5.57. The van der Waals surface area contributed by atoms with Crippen molar-refractivity contribution in [2.24, 2.45) is 5.14 Å². The highest BCUT2D eigenvalue weighted by Crippen LogP contribution is 2.41. The second-order valence-corrected chi connectivity index (χ2v) is 8.23. The number of hydrogen-bond donors (Lipinski definition) is 1. The molecular formula is C17H11BrF4N2O3S. The van der Waals surface area contributed by atoms with Crippen molar-refractivity contribution >= 4 is 26.0 Å². The molecule has 0 atom stereocenters. The highest BCUT2D eigenvalue weighted by molar-refractivity contribution is 9.10. The van der Waals surface area contributed by atoms with Crippen LogP contribution in [0.25, 0.3) is 22.4 Å². The van der Waals surface area contributed by atoms with E-state index in [4.69, 9.17) is 5.14 Å². The van der Waals surface area contributed by atoms with E-state index in [1.165, 1.54) is 0 Å². The topological polar surface area (TPSA) is 86.2 Å². The molecule has 0 saturated heterocycles. The van der Waals surface area contributed by atoms with E-state index >= 15 is 0 Å². The Bertz CT molecular complexity index is 1180. The number of sulfonamides is 1. The Hall–Kier alpha value is -2.24. The van der Waals surface area contributed by atoms with Gasteiger partial charge in [-0.05, 0) is 30.7 Å². The van der Waals surface area contributed by atoms with Crippen molar-refractivity contribution in [3.63, 3.8) is 0 Å². The third kappa shape index (κ3) is 3.69. The lowest BCUT2D eigenvalue weighted by Crippen LogP contribution is -2.14. The minimum atomic E-state index is -4.55. The normalized spacial score (nSPS) is 12.0. The molecule has 0 spiro atoms. The van der Waals surface area contributed by atoms with Crippen LogP contribution in [-0.4, -0.2) is 13.6 Å². The molecule has 0 aliphatic heterocycles. The number of hydrogen-bond acceptors (Lipinski definition) is 4. The molecule has 0 bridgehead atoms. The maximum absolute atomic E-state index is 14.6. The predicted molar refractivity (Wildman–Crippen MR) is 96.1 cm³/mol. The minimum Gasteiger partial charge on any atom is -0.354 e. The van der Waals surface area contributed by atoms with E-state index in [-0.39, 0.29) is 5.69 Å². The van der Waals surface area contributed by atoms with Crippen molar-refractivity contribution in [2.45, 2.75) is 18.2 Å². The maximum Gasteiger partial charge on any atom is 0.298 e. The van der Waals surface area contributed by atoms with Gasteiger partial charge in [0.25, 0.3) is 6.43 Å². The molecule has 11 heteroatoms. The average Bonchev–Trinajstić information content (AvgIpc) is 3.03. The van der Waals surface area contributed by atoms with E-state index in [9.17, 15) is 26.0 Å². The first-order valence-electron chi connectivity index (χ1n) is 7.57. The van der Waals surface area contributed by atoms with Crippen LogP contribution < -0.4 is 5.14 Å². The minimum absolute atomic E-state index is 0.155. The molecule has 1 heterocycles. The zero-order valence-electron chi connectivity index (χ0n) is 14.0. The van der Waals surface area contributed by atoms with E-state index in [1.54, 1.807) is 25.1 Å². The van der Waals surface area contributed by atoms with Gasteiger partial charge >= 0.3 is 0 Å². The first kappa shape index (κ1) is 20.5. The highest BCUT2D eigenvalue weighted by atomic mass is 79.9. The first-order chi connectivity index (χ1) is 13.0. The van der Waals surface area contributed by atoms with E-state index in [2.05, 4.69) is 25.6 Å². The quantitative estimate of drug-likeness (QED) is 0.537. The molecule has 0 saturated carbocycles. The zero-order valence-corrected chi connectivity index (χ0v) is 16.4. The molecule has 2 N–H and O–H groups in total. The highest BCUT2D eigenvalue weighted by Gasteiger charge is 2.29. The summed E-state index contributed by atoms with van der Waals surface area (Å²) in [5.74, 6) is -3.65. The Morgan fingerprint density at radius 3 is 2.39 bits per heavy atom. The molecule has 1 aromatic heterocycles. The number of alkyl halides is 2. The molecular weight excluding hydrogens is 468 g/mol. The van der Waals surface area contributed by atoms with Gasteiger partial charge in [0.05, 0.1) is 5.56 Å². The number of nitrogens with zero attached hydrogens (tertiary/aromatic N) is 1. The largest absolute Gasteiger partial charge is 0.354 e. The van der Waals surface area contributed by atoms with Gasteiger partial charge in [-0.2, -0.15) is 0 Å². The Labute approximate surface area is 165 Å². The summed E-state index contributed by atoms with van der Waals surface area (Å²) < 4.78 is 83.7. The van der Waals surface area contributed by atoms with Gasteiger partial charge in [0.2, 0.25) is 15.8 Å². The number of aryl methyl sites for hydroxylation is 1. The standard InChI is InChI=1S/C17H11BrF4N2O3S/c1-7-2-3-8(4-10(7)18)15-14(16(17(21)22)27-24-15)9-5-12(20)13(6-11(9)19)28(23,25)26/h2-6,17H,1H3,(H2,23,25,26). The van der Waals surface area contributed by atoms with Crippen LogP contribution in [0.3, 0.4) is 0 Å². The molecule has 28 heavy (non-hydrogen) atoms. The van der Waals surface area contributed by atoms with Crippen molar-refractivity contribution in [3.05, 3.63) is 57.8 Å². The summed E-state index contributed by atoms with van der Waals surface area (Å²) in [5, 5.41) is 8.42. The fourth-order valence-electron chi connectivity index (χ4n) is 2.59. The third-order valence-electron chi connectivity index (χ3n) is 3.96. The summed E-state index contributed by atoms with van der Waals surface area (Å²) in [6.45, 7) is 1.79. The zero-order chi connectivity index (χ0) is 20.8. The fourth-order valence-corrected chi connectivity index (χ4v) is 3.56. The first-order valence-corrected chi connectivity index (χ1v) is 9.91. The second-order valence-electron chi connectivity index (χ2n) is 5.84. The predicted octanol–water partition coefficient (Wildman–Crippen LogP) is 4.94. The summed E-state index contributed by atoms with van der Waals surface area (Å²) >= 11 is 3.30. The monoisotopic (exact) mass is 478 g/mol. The summed E-state index contributed by atoms with van der Waals surface area (Å²) in [5.41, 5.74) is -0.120. The van der Waals surface area contributed by atoms with Gasteiger partial charge in [0, 0.05) is 15.6 Å². The SMILES string of the molecule is Cc1ccc(-c2noc(C(F)F)c2-c2cc(F)c(S(N)(=O)=O)cc2F)cc1Br. The molecule has 0 aliphatic carbocycles. The Kier molecular flexibility index (Phi) is 5.34. The third-order valence-corrected chi connectivity index (χ3v) is 5.74. The lowest BCUT2D eigenvalue weighted by Gasteiger charge is -2.09. The van der Waals surface area contributed by atoms with Crippen LogP contribution >= 0.6 is 15.9 Å². The summed E-state index contributed by atoms with van der Waals surface area (Å²) in [7, 11) is -4.55. The van der Waals surface area contributed by atoms with Gasteiger partial charge < -0.3 is 4.52 Å². The number of halogens is 5. The van der Waals surface area contributed by atoms with Gasteiger partial charge in [-0.25, -0.2) is 31.1 Å². The number of benzene rings is 2. The molecule has 0 unspecified atom stereocenters. The van der Waals surface area contributed by atoms with Crippen molar-refractivity contribution in [1.82, 2.24) is 5.16 Å². The number of aromatic nitrogens is 1. The van der Waals surface area contributed by atoms with Crippen molar-refractivity contribution in [2.75, 3.05) is 0 Å². The summed E-state index contributed by atoms with van der Waals surface area (Å²) in [4.78, 5) is -1.09. The number of primary sulfonamides is 1. The van der Waals surface area contributed by atoms with E-state index in [1.807, 2.05) is 0 Å². The van der Waals surface area contributed by atoms with E-state index in [0.717, 1.165) is 5.56 Å². The number of rotatable bonds is 4. The lowest BCUT2D eigenvalue weighted by molar-refractivity contribution is 0.113. The Balaban J connectivity index is 2.31. The average molecular weight is 479 g/mol. The van der Waals surface area contributed by atoms with Crippen LogP contribution in [0.2, 0.25) is 0 Å². The van der Waals surface area contributed by atoms with Gasteiger partial charge in [0.15, 0.2) is 0 Å². The molecule has 2 aromatic carbocycles. The lowest BCUT2D eigenvalue weighted by atomic mass is 9.98. The van der Waals surface area contributed by atoms with Crippen LogP contribution in [0.5, 0.6) is 0 Å². The molecule has 3 aromatic rings. The second kappa shape index (κ2) is 7.30. The molecule has 0 radical (unpaired) electrons. The van der Waals surface area contributed by atoms with Crippen LogP contribution in [0, 0.1) is 18.6 Å². The fraction of sp³-hybridized carbons (Fsp3) is 0.118. The molecule has 0 fully saturated rings. The van der Waals surface area contributed by atoms with E-state index in [0.29, 0.717) is 22.2 Å². The molecule has 148 valence electrons. The van der Waals surface area contributed by atoms with Gasteiger partial charge in [-0.1, -0.05) is 33.2 Å². The molecule has 3 rings (SSSR count). The van der Waals surface area contributed by atoms with Crippen molar-refractivity contribution in [1.29, 1.82) is 0 Å². The summed E-state index contributed by atoms with van der Waals surface area (Å²) in [6.07, 6.45) is -3.18.